The van der Waals surface area contributed by atoms with Crippen molar-refractivity contribution in [3.63, 3.8) is 0 Å². The maximum Gasteiger partial charge on any atom is 0.330 e. The fourth-order valence-corrected chi connectivity index (χ4v) is 11.4. The summed E-state index contributed by atoms with van der Waals surface area (Å²) in [4.78, 5) is 56.3. The Hall–Kier alpha value is -1.88. The molecule has 4 saturated heterocycles. The van der Waals surface area contributed by atoms with Crippen molar-refractivity contribution in [3.8, 4) is 0 Å². The smallest absolute Gasteiger partial charge is 0.330 e. The second kappa shape index (κ2) is 16.0. The zero-order valence-electron chi connectivity index (χ0n) is 29.1. The number of aliphatic carboxylic acids is 1. The number of methoxy groups -OCH3 is 1. The zero-order valence-corrected chi connectivity index (χ0v) is 30.8. The minimum Gasteiger partial charge on any atom is -0.479 e. The van der Waals surface area contributed by atoms with Crippen LogP contribution >= 0.6 is 23.5 Å². The Kier molecular flexibility index (Phi) is 11.7. The van der Waals surface area contributed by atoms with Gasteiger partial charge in [-0.1, -0.05) is 25.0 Å². The van der Waals surface area contributed by atoms with Crippen molar-refractivity contribution in [2.75, 3.05) is 37.5 Å². The maximum absolute atomic E-state index is 14.6. The summed E-state index contributed by atoms with van der Waals surface area (Å²) in [6.07, 6.45) is 13.8. The Labute approximate surface area is 303 Å². The molecule has 7 aliphatic rings. The quantitative estimate of drug-likeness (QED) is 0.210. The van der Waals surface area contributed by atoms with Gasteiger partial charge in [0.2, 0.25) is 17.7 Å². The Bertz CT molecular complexity index is 1290. The van der Waals surface area contributed by atoms with Gasteiger partial charge in [0, 0.05) is 49.6 Å². The van der Waals surface area contributed by atoms with Crippen LogP contribution in [0.3, 0.4) is 0 Å². The van der Waals surface area contributed by atoms with E-state index >= 15 is 0 Å². The molecule has 2 aliphatic carbocycles. The molecule has 6 fully saturated rings. The lowest BCUT2D eigenvalue weighted by atomic mass is 9.80. The molecule has 0 bridgehead atoms. The van der Waals surface area contributed by atoms with Crippen LogP contribution in [0.1, 0.15) is 77.0 Å². The van der Waals surface area contributed by atoms with Crippen LogP contribution in [-0.4, -0.2) is 123 Å². The number of fused-ring (bicyclic) bond motifs is 2. The van der Waals surface area contributed by atoms with Crippen molar-refractivity contribution in [2.45, 2.75) is 124 Å². The highest BCUT2D eigenvalue weighted by Gasteiger charge is 2.61. The number of hydrazine groups is 2. The van der Waals surface area contributed by atoms with Gasteiger partial charge in [-0.05, 0) is 75.9 Å². The summed E-state index contributed by atoms with van der Waals surface area (Å²) in [7, 11) is 1.79. The predicted octanol–water partition coefficient (Wildman–Crippen LogP) is 1.60. The van der Waals surface area contributed by atoms with E-state index in [-0.39, 0.29) is 53.7 Å². The van der Waals surface area contributed by atoms with Crippen LogP contribution in [0.5, 0.6) is 0 Å². The van der Waals surface area contributed by atoms with Gasteiger partial charge >= 0.3 is 5.97 Å². The van der Waals surface area contributed by atoms with Gasteiger partial charge in [0.1, 0.15) is 17.6 Å². The molecule has 278 valence electrons. The number of hydrogen-bond donors (Lipinski definition) is 6. The molecule has 0 radical (unpaired) electrons. The lowest BCUT2D eigenvalue weighted by Gasteiger charge is -2.35. The molecule has 5 heterocycles. The topological polar surface area (TPSA) is 164 Å². The Morgan fingerprint density at radius 2 is 1.86 bits per heavy atom. The van der Waals surface area contributed by atoms with Gasteiger partial charge < -0.3 is 30.7 Å². The fraction of sp³-hybridized carbons (Fsp3) is 0.829. The van der Waals surface area contributed by atoms with Crippen molar-refractivity contribution in [1.82, 2.24) is 36.8 Å². The third-order valence-corrected chi connectivity index (χ3v) is 14.6. The van der Waals surface area contributed by atoms with Crippen LogP contribution < -0.4 is 26.8 Å². The Morgan fingerprint density at radius 1 is 1.04 bits per heavy atom. The highest BCUT2D eigenvalue weighted by Crippen LogP contribution is 2.45. The first-order chi connectivity index (χ1) is 24.3. The second-order valence-corrected chi connectivity index (χ2v) is 17.8. The molecule has 9 atom stereocenters. The van der Waals surface area contributed by atoms with Crippen LogP contribution in [0, 0.1) is 17.8 Å². The number of nitrogens with zero attached hydrogens (tertiary/aromatic N) is 2. The maximum atomic E-state index is 14.6. The molecule has 3 amide bonds. The van der Waals surface area contributed by atoms with Gasteiger partial charge in [-0.15, -0.1) is 11.8 Å². The molecular formula is C35H55N7O6S2. The van der Waals surface area contributed by atoms with Gasteiger partial charge in [0.25, 0.3) is 0 Å². The molecule has 13 nitrogen and oxygen atoms in total. The molecule has 0 aromatic heterocycles. The van der Waals surface area contributed by atoms with Crippen molar-refractivity contribution in [2.24, 2.45) is 17.8 Å². The average Bonchev–Trinajstić information content (AvgIpc) is 3.77. The number of allylic oxidation sites excluding steroid dienone is 1. The lowest BCUT2D eigenvalue weighted by Crippen LogP contribution is -2.57. The summed E-state index contributed by atoms with van der Waals surface area (Å²) < 4.78 is 5.67. The largest absolute Gasteiger partial charge is 0.479 e. The van der Waals surface area contributed by atoms with Crippen molar-refractivity contribution in [1.29, 1.82) is 0 Å². The lowest BCUT2D eigenvalue weighted by molar-refractivity contribution is -0.146. The van der Waals surface area contributed by atoms with Crippen LogP contribution in [-0.2, 0) is 23.9 Å². The first kappa shape index (κ1) is 36.5. The van der Waals surface area contributed by atoms with E-state index in [0.717, 1.165) is 81.6 Å². The molecular weight excluding hydrogens is 679 g/mol. The zero-order chi connectivity index (χ0) is 34.8. The SMILES string of the molecule is COC1CCC(C2NN([C@@H]3C[C@H]4C(=O)N[C@]5(C(=O)O)C[C@H]5/C=C\CCCCC[C@@H](NC(=O)C5CCSC5)C(=O)N4C3)NC2C2NCCS2)CC1. The number of ether oxygens (including phenoxy) is 1. The average molecular weight is 734 g/mol. The summed E-state index contributed by atoms with van der Waals surface area (Å²) in [5.41, 5.74) is 6.22. The highest BCUT2D eigenvalue weighted by atomic mass is 32.2. The molecule has 2 saturated carbocycles. The molecule has 50 heavy (non-hydrogen) atoms. The molecule has 15 heteroatoms. The number of carbonyl (C=O) groups excluding carboxylic acids is 3. The van der Waals surface area contributed by atoms with E-state index in [2.05, 4.69) is 26.8 Å². The van der Waals surface area contributed by atoms with Gasteiger partial charge in [-0.25, -0.2) is 15.6 Å². The minimum absolute atomic E-state index is 0.0880. The molecule has 7 rings (SSSR count). The third-order valence-electron chi connectivity index (χ3n) is 12.2. The van der Waals surface area contributed by atoms with Crippen molar-refractivity contribution < 1.29 is 29.0 Å². The van der Waals surface area contributed by atoms with E-state index in [9.17, 15) is 24.3 Å². The number of nitrogens with one attached hydrogen (secondary N) is 5. The number of rotatable bonds is 7. The summed E-state index contributed by atoms with van der Waals surface area (Å²) in [6.45, 7) is 1.24. The number of carbonyl (C=O) groups is 4. The molecule has 4 unspecified atom stereocenters. The number of hydrogen-bond acceptors (Lipinski definition) is 11. The normalized spacial score (nSPS) is 42.2. The van der Waals surface area contributed by atoms with E-state index in [1.165, 1.54) is 0 Å². The fourth-order valence-electron chi connectivity index (χ4n) is 9.04. The second-order valence-electron chi connectivity index (χ2n) is 15.4. The van der Waals surface area contributed by atoms with Crippen LogP contribution in [0.2, 0.25) is 0 Å². The van der Waals surface area contributed by atoms with Crippen LogP contribution in [0.15, 0.2) is 12.2 Å². The van der Waals surface area contributed by atoms with Gasteiger partial charge in [0.15, 0.2) is 0 Å². The first-order valence-electron chi connectivity index (χ1n) is 18.9. The van der Waals surface area contributed by atoms with E-state index in [4.69, 9.17) is 4.74 Å². The minimum atomic E-state index is -1.36. The number of carboxylic acid groups (broad SMARTS) is 1. The number of amides is 3. The van der Waals surface area contributed by atoms with Gasteiger partial charge in [0.05, 0.1) is 23.6 Å². The predicted molar refractivity (Wildman–Crippen MR) is 193 cm³/mol. The van der Waals surface area contributed by atoms with Gasteiger partial charge in [-0.3, -0.25) is 14.4 Å². The first-order valence-corrected chi connectivity index (χ1v) is 21.1. The summed E-state index contributed by atoms with van der Waals surface area (Å²) >= 11 is 3.68. The Balaban J connectivity index is 1.14. The number of thioether (sulfide) groups is 2. The third kappa shape index (κ3) is 7.74. The monoisotopic (exact) mass is 733 g/mol. The van der Waals surface area contributed by atoms with Crippen LogP contribution in [0.4, 0.5) is 0 Å². The molecule has 0 aromatic rings. The summed E-state index contributed by atoms with van der Waals surface area (Å²) in [6, 6.07) is -1.54. The van der Waals surface area contributed by atoms with E-state index in [1.54, 1.807) is 23.8 Å². The van der Waals surface area contributed by atoms with E-state index in [1.807, 2.05) is 29.0 Å². The van der Waals surface area contributed by atoms with Crippen LogP contribution in [0.25, 0.3) is 0 Å². The standard InChI is InChI=1S/C35H55N7O6S2/c1-48-25-11-9-21(10-12-25)28-29(32-36-14-16-50-32)40-42(39-28)24-17-27-31(44)38-35(34(46)47)18-23(35)7-5-3-2-4-6-8-26(33(45)41(27)19-24)37-30(43)22-13-15-49-20-22/h5,7,21-29,32,36,39-40H,2-4,6,8-20H2,1H3,(H,37,43)(H,38,44)(H,46,47)/b7-5-/t21?,22?,23-,24-,25?,26-,27+,28?,29?,32?,35-/m1/s1. The molecule has 0 aromatic carbocycles. The van der Waals surface area contributed by atoms with E-state index < -0.39 is 29.5 Å². The highest BCUT2D eigenvalue weighted by molar-refractivity contribution is 8.00. The summed E-state index contributed by atoms with van der Waals surface area (Å²) in [5, 5.41) is 22.2. The molecule has 6 N–H and O–H groups in total. The molecule has 0 spiro atoms. The number of carboxylic acids is 1. The van der Waals surface area contributed by atoms with Crippen molar-refractivity contribution >= 4 is 47.2 Å². The van der Waals surface area contributed by atoms with E-state index in [0.29, 0.717) is 31.3 Å². The Morgan fingerprint density at radius 3 is 2.58 bits per heavy atom. The molecule has 5 aliphatic heterocycles. The van der Waals surface area contributed by atoms with Crippen molar-refractivity contribution in [3.05, 3.63) is 12.2 Å². The summed E-state index contributed by atoms with van der Waals surface area (Å²) in [5.74, 6) is 0.970. The van der Waals surface area contributed by atoms with Gasteiger partial charge in [-0.2, -0.15) is 16.9 Å².